The van der Waals surface area contributed by atoms with Crippen molar-refractivity contribution >= 4 is 17.9 Å². The van der Waals surface area contributed by atoms with Crippen LogP contribution in [0.2, 0.25) is 0 Å². The van der Waals surface area contributed by atoms with Crippen LogP contribution in [0.4, 0.5) is 0 Å². The summed E-state index contributed by atoms with van der Waals surface area (Å²) in [4.78, 5) is 38.3. The second kappa shape index (κ2) is 66.5. The molecular formula is C74H118O6. The minimum Gasteiger partial charge on any atom is -0.462 e. The van der Waals surface area contributed by atoms with E-state index in [2.05, 4.69) is 173 Å². The van der Waals surface area contributed by atoms with Crippen molar-refractivity contribution in [3.8, 4) is 0 Å². The van der Waals surface area contributed by atoms with Gasteiger partial charge < -0.3 is 14.2 Å². The Morgan fingerprint density at radius 1 is 0.263 bits per heavy atom. The highest BCUT2D eigenvalue weighted by Gasteiger charge is 2.19. The Morgan fingerprint density at radius 2 is 0.512 bits per heavy atom. The first kappa shape index (κ1) is 75.0. The molecule has 450 valence electrons. The van der Waals surface area contributed by atoms with Crippen molar-refractivity contribution < 1.29 is 28.6 Å². The van der Waals surface area contributed by atoms with E-state index in [1.54, 1.807) is 0 Å². The number of ether oxygens (including phenoxy) is 3. The molecule has 0 bridgehead atoms. The molecule has 0 amide bonds. The molecule has 1 atom stereocenters. The van der Waals surface area contributed by atoms with E-state index in [9.17, 15) is 14.4 Å². The third kappa shape index (κ3) is 63.9. The average molecular weight is 1100 g/mol. The van der Waals surface area contributed by atoms with Crippen molar-refractivity contribution in [1.82, 2.24) is 0 Å². The van der Waals surface area contributed by atoms with E-state index in [0.29, 0.717) is 19.3 Å². The molecule has 0 rings (SSSR count). The van der Waals surface area contributed by atoms with Crippen LogP contribution >= 0.6 is 0 Å². The van der Waals surface area contributed by atoms with Crippen molar-refractivity contribution in [2.24, 2.45) is 0 Å². The number of hydrogen-bond donors (Lipinski definition) is 0. The lowest BCUT2D eigenvalue weighted by Gasteiger charge is -2.18. The normalized spacial score (nSPS) is 13.2. The SMILES string of the molecule is CC/C=C\C/C=C\C/C=C\C/C=C\C/C=C\C/C=C\CCC(=O)OC(COC(=O)CCCCCCC/C=C\C/C=C\CCCCCC)COC(=O)CCCCCCCCCCCCC/C=C\C/C=C\C/C=C\C/C=C\C/C=C\CC. The Labute approximate surface area is 492 Å². The largest absolute Gasteiger partial charge is 0.462 e. The lowest BCUT2D eigenvalue weighted by Crippen LogP contribution is -2.30. The van der Waals surface area contributed by atoms with E-state index in [4.69, 9.17) is 14.2 Å². The van der Waals surface area contributed by atoms with Gasteiger partial charge in [-0.15, -0.1) is 0 Å². The lowest BCUT2D eigenvalue weighted by atomic mass is 10.0. The second-order valence-electron chi connectivity index (χ2n) is 20.9. The molecule has 0 aliphatic carbocycles. The second-order valence-corrected chi connectivity index (χ2v) is 20.9. The van der Waals surface area contributed by atoms with Crippen molar-refractivity contribution in [2.75, 3.05) is 13.2 Å². The van der Waals surface area contributed by atoms with Crippen LogP contribution in [-0.2, 0) is 28.6 Å². The highest BCUT2D eigenvalue weighted by molar-refractivity contribution is 5.71. The zero-order valence-corrected chi connectivity index (χ0v) is 51.5. The van der Waals surface area contributed by atoms with E-state index in [1.807, 2.05) is 6.08 Å². The number of carbonyl (C=O) groups excluding carboxylic acids is 3. The van der Waals surface area contributed by atoms with Gasteiger partial charge in [-0.05, 0) is 135 Å². The van der Waals surface area contributed by atoms with Crippen molar-refractivity contribution in [1.29, 1.82) is 0 Å². The fourth-order valence-electron chi connectivity index (χ4n) is 8.47. The summed E-state index contributed by atoms with van der Waals surface area (Å²) < 4.78 is 16.8. The van der Waals surface area contributed by atoms with Gasteiger partial charge in [-0.1, -0.05) is 275 Å². The number of rotatable bonds is 57. The minimum atomic E-state index is -0.834. The van der Waals surface area contributed by atoms with Crippen LogP contribution in [-0.4, -0.2) is 37.2 Å². The van der Waals surface area contributed by atoms with Gasteiger partial charge in [0.1, 0.15) is 13.2 Å². The maximum absolute atomic E-state index is 12.9. The highest BCUT2D eigenvalue weighted by atomic mass is 16.6. The molecular weight excluding hydrogens is 985 g/mol. The van der Waals surface area contributed by atoms with Crippen LogP contribution in [0.25, 0.3) is 0 Å². The van der Waals surface area contributed by atoms with Crippen LogP contribution in [0.3, 0.4) is 0 Å². The van der Waals surface area contributed by atoms with Crippen LogP contribution < -0.4 is 0 Å². The van der Waals surface area contributed by atoms with Gasteiger partial charge >= 0.3 is 17.9 Å². The molecule has 80 heavy (non-hydrogen) atoms. The fourth-order valence-corrected chi connectivity index (χ4v) is 8.47. The molecule has 6 heteroatoms. The van der Waals surface area contributed by atoms with Gasteiger partial charge in [0, 0.05) is 19.3 Å². The summed E-state index contributed by atoms with van der Waals surface area (Å²) in [5.74, 6) is -1.02. The van der Waals surface area contributed by atoms with E-state index in [-0.39, 0.29) is 31.6 Å². The molecule has 0 aliphatic rings. The third-order valence-corrected chi connectivity index (χ3v) is 13.3. The van der Waals surface area contributed by atoms with Gasteiger partial charge in [0.2, 0.25) is 0 Å². The fraction of sp³-hybridized carbons (Fsp3) is 0.608. The average Bonchev–Trinajstić information content (AvgIpc) is 3.46. The zero-order chi connectivity index (χ0) is 57.8. The molecule has 6 nitrogen and oxygen atoms in total. The van der Waals surface area contributed by atoms with Gasteiger partial charge in [0.25, 0.3) is 0 Å². The Morgan fingerprint density at radius 3 is 0.812 bits per heavy atom. The van der Waals surface area contributed by atoms with Crippen LogP contribution in [0.1, 0.15) is 271 Å². The molecule has 1 unspecified atom stereocenters. The van der Waals surface area contributed by atoms with E-state index in [1.165, 1.54) is 89.9 Å². The van der Waals surface area contributed by atoms with Gasteiger partial charge in [0.15, 0.2) is 6.10 Å². The number of carbonyl (C=O) groups is 3. The van der Waals surface area contributed by atoms with Crippen LogP contribution in [0.15, 0.2) is 158 Å². The number of unbranched alkanes of at least 4 members (excludes halogenated alkanes) is 20. The molecule has 0 saturated heterocycles. The van der Waals surface area contributed by atoms with Crippen molar-refractivity contribution in [3.05, 3.63) is 158 Å². The summed E-state index contributed by atoms with van der Waals surface area (Å²) in [6.45, 7) is 6.32. The molecule has 0 saturated carbocycles. The van der Waals surface area contributed by atoms with Crippen molar-refractivity contribution in [3.63, 3.8) is 0 Å². The molecule has 0 spiro atoms. The van der Waals surface area contributed by atoms with Gasteiger partial charge in [-0.25, -0.2) is 0 Å². The summed E-state index contributed by atoms with van der Waals surface area (Å²) in [5, 5.41) is 0. The first-order valence-electron chi connectivity index (χ1n) is 32.5. The maximum atomic E-state index is 12.9. The molecule has 0 fully saturated rings. The topological polar surface area (TPSA) is 78.9 Å². The molecule has 0 aromatic heterocycles. The minimum absolute atomic E-state index is 0.120. The molecule has 0 heterocycles. The molecule has 0 aliphatic heterocycles. The first-order valence-corrected chi connectivity index (χ1v) is 32.5. The number of allylic oxidation sites excluding steroid dienone is 26. The Hall–Kier alpha value is -4.97. The standard InChI is InChI=1S/C74H118O6/c1-4-7-10-13-16-19-22-25-28-31-33-34-35-36-37-38-39-40-42-43-46-49-52-55-58-61-64-67-73(76)79-70-71(69-78-72(75)66-63-60-57-54-51-48-45-30-27-24-21-18-15-12-9-6-3)80-74(77)68-65-62-59-56-53-50-47-44-41-32-29-26-23-20-17-14-11-8-5-2/h7-8,10-11,16-17,19-21,24-26,28-30,33-34,36-37,41,44-45,50,53,59,62,71H,4-6,9,12-15,18,22-23,27,31-32,35,38-40,42-43,46-49,51-52,54-58,60-61,63-70H2,1-3H3/b10-7-,11-8-,19-16-,20-17-,24-21-,28-25-,29-26-,34-33-,37-36-,44-41-,45-30-,53-50-,62-59-. The lowest BCUT2D eigenvalue weighted by molar-refractivity contribution is -0.166. The summed E-state index contributed by atoms with van der Waals surface area (Å²) in [6.07, 6.45) is 96.9. The third-order valence-electron chi connectivity index (χ3n) is 13.3. The first-order chi connectivity index (χ1) is 39.5. The van der Waals surface area contributed by atoms with E-state index >= 15 is 0 Å². The highest BCUT2D eigenvalue weighted by Crippen LogP contribution is 2.15. The summed E-state index contributed by atoms with van der Waals surface area (Å²) in [6, 6.07) is 0. The summed E-state index contributed by atoms with van der Waals surface area (Å²) in [7, 11) is 0. The van der Waals surface area contributed by atoms with E-state index in [0.717, 1.165) is 135 Å². The molecule has 0 aromatic rings. The molecule has 0 N–H and O–H groups in total. The summed E-state index contributed by atoms with van der Waals surface area (Å²) >= 11 is 0. The van der Waals surface area contributed by atoms with Crippen LogP contribution in [0, 0.1) is 0 Å². The van der Waals surface area contributed by atoms with E-state index < -0.39 is 12.1 Å². The van der Waals surface area contributed by atoms with Gasteiger partial charge in [0.05, 0.1) is 0 Å². The van der Waals surface area contributed by atoms with Crippen LogP contribution in [0.5, 0.6) is 0 Å². The zero-order valence-electron chi connectivity index (χ0n) is 51.5. The molecule has 0 aromatic carbocycles. The number of esters is 3. The Balaban J connectivity index is 4.47. The quantitative estimate of drug-likeness (QED) is 0.0261. The number of hydrogen-bond acceptors (Lipinski definition) is 6. The summed E-state index contributed by atoms with van der Waals surface area (Å²) in [5.41, 5.74) is 0. The van der Waals surface area contributed by atoms with Gasteiger partial charge in [-0.3, -0.25) is 14.4 Å². The van der Waals surface area contributed by atoms with Gasteiger partial charge in [-0.2, -0.15) is 0 Å². The Bertz CT molecular complexity index is 1790. The predicted octanol–water partition coefficient (Wildman–Crippen LogP) is 22.5. The predicted molar refractivity (Wildman–Crippen MR) is 348 cm³/mol. The Kier molecular flexibility index (Phi) is 62.4. The monoisotopic (exact) mass is 1100 g/mol. The smallest absolute Gasteiger partial charge is 0.306 e. The maximum Gasteiger partial charge on any atom is 0.306 e. The van der Waals surface area contributed by atoms with Crippen molar-refractivity contribution in [2.45, 2.75) is 277 Å². The molecule has 0 radical (unpaired) electrons.